The fraction of sp³-hybridized carbons (Fsp3) is 0.273. The summed E-state index contributed by atoms with van der Waals surface area (Å²) >= 11 is 6.54. The highest BCUT2D eigenvalue weighted by atomic mass is 35.5. The second kappa shape index (κ2) is 12.5. The van der Waals surface area contributed by atoms with E-state index in [1.54, 1.807) is 0 Å². The molecule has 0 atom stereocenters. The molecule has 7 heteroatoms. The molecule has 4 aromatic rings. The van der Waals surface area contributed by atoms with Crippen molar-refractivity contribution in [2.24, 2.45) is 0 Å². The van der Waals surface area contributed by atoms with E-state index in [-0.39, 0.29) is 24.1 Å². The molecule has 1 aromatic heterocycles. The smallest absolute Gasteiger partial charge is 0.183 e. The third kappa shape index (κ3) is 6.64. The van der Waals surface area contributed by atoms with Gasteiger partial charge in [-0.25, -0.2) is 0 Å². The standard InChI is InChI=1S/C33H34ClN3O3/c1-2-36-17-3-4-31(36)33(40)22-24-7-14-30(29(34)20-24)35-26-10-5-23(6-11-26)21-32(39)25-8-12-27(13-9-25)37-18-15-28(38)16-19-37/h3-14,17,20,28,35,38H,2,15-16,18-19,21-22H2,1H3. The first-order valence-electron chi connectivity index (χ1n) is 13.8. The minimum Gasteiger partial charge on any atom is -0.393 e. The molecule has 6 nitrogen and oxygen atoms in total. The van der Waals surface area contributed by atoms with Crippen molar-refractivity contribution in [3.8, 4) is 0 Å². The van der Waals surface area contributed by atoms with Gasteiger partial charge in [-0.3, -0.25) is 9.59 Å². The van der Waals surface area contributed by atoms with E-state index in [9.17, 15) is 14.7 Å². The summed E-state index contributed by atoms with van der Waals surface area (Å²) in [6, 6.07) is 24.9. The topological polar surface area (TPSA) is 74.6 Å². The summed E-state index contributed by atoms with van der Waals surface area (Å²) in [5.74, 6) is 0.133. The first kappa shape index (κ1) is 27.7. The van der Waals surface area contributed by atoms with Crippen LogP contribution in [0.4, 0.5) is 17.1 Å². The van der Waals surface area contributed by atoms with Gasteiger partial charge >= 0.3 is 0 Å². The fourth-order valence-corrected chi connectivity index (χ4v) is 5.37. The van der Waals surface area contributed by atoms with Crippen LogP contribution in [0.25, 0.3) is 0 Å². The second-order valence-corrected chi connectivity index (χ2v) is 10.7. The van der Waals surface area contributed by atoms with E-state index in [0.717, 1.165) is 60.7 Å². The Labute approximate surface area is 240 Å². The maximum atomic E-state index is 12.9. The predicted octanol–water partition coefficient (Wildman–Crippen LogP) is 6.72. The van der Waals surface area contributed by atoms with Gasteiger partial charge in [-0.1, -0.05) is 29.8 Å². The molecule has 1 fully saturated rings. The van der Waals surface area contributed by atoms with Crippen LogP contribution in [-0.4, -0.2) is 40.4 Å². The SMILES string of the molecule is CCn1cccc1C(=O)Cc1ccc(Nc2ccc(CC(=O)c3ccc(N4CCC(O)CC4)cc3)cc2)c(Cl)c1. The molecule has 0 radical (unpaired) electrons. The van der Waals surface area contributed by atoms with Crippen LogP contribution in [0, 0.1) is 0 Å². The van der Waals surface area contributed by atoms with Crippen LogP contribution in [0.15, 0.2) is 85.1 Å². The van der Waals surface area contributed by atoms with Gasteiger partial charge in [0.05, 0.1) is 22.5 Å². The monoisotopic (exact) mass is 555 g/mol. The van der Waals surface area contributed by atoms with Crippen LogP contribution in [-0.2, 0) is 19.4 Å². The molecule has 0 saturated carbocycles. The van der Waals surface area contributed by atoms with Crippen molar-refractivity contribution >= 4 is 40.2 Å². The molecular weight excluding hydrogens is 522 g/mol. The Balaban J connectivity index is 1.16. The molecule has 1 aliphatic heterocycles. The number of benzene rings is 3. The first-order chi connectivity index (χ1) is 19.4. The predicted molar refractivity (Wildman–Crippen MR) is 161 cm³/mol. The number of carbonyl (C=O) groups is 2. The van der Waals surface area contributed by atoms with Gasteiger partial charge in [0.25, 0.3) is 0 Å². The molecule has 1 aliphatic rings. The van der Waals surface area contributed by atoms with Gasteiger partial charge in [-0.05, 0) is 91.6 Å². The molecule has 206 valence electrons. The number of aliphatic hydroxyl groups excluding tert-OH is 1. The highest BCUT2D eigenvalue weighted by Crippen LogP contribution is 2.28. The lowest BCUT2D eigenvalue weighted by molar-refractivity contribution is 0.0979. The van der Waals surface area contributed by atoms with Gasteiger partial charge < -0.3 is 19.9 Å². The zero-order chi connectivity index (χ0) is 28.1. The highest BCUT2D eigenvalue weighted by molar-refractivity contribution is 6.33. The number of hydrogen-bond acceptors (Lipinski definition) is 5. The number of aliphatic hydroxyl groups is 1. The largest absolute Gasteiger partial charge is 0.393 e. The molecule has 0 spiro atoms. The van der Waals surface area contributed by atoms with Crippen molar-refractivity contribution in [1.82, 2.24) is 4.57 Å². The highest BCUT2D eigenvalue weighted by Gasteiger charge is 2.18. The van der Waals surface area contributed by atoms with Crippen molar-refractivity contribution in [1.29, 1.82) is 0 Å². The van der Waals surface area contributed by atoms with Crippen LogP contribution in [0.5, 0.6) is 0 Å². The lowest BCUT2D eigenvalue weighted by atomic mass is 10.0. The van der Waals surface area contributed by atoms with Gasteiger partial charge in [-0.15, -0.1) is 0 Å². The number of hydrogen-bond donors (Lipinski definition) is 2. The van der Waals surface area contributed by atoms with Crippen LogP contribution in [0.3, 0.4) is 0 Å². The number of aryl methyl sites for hydroxylation is 1. The maximum absolute atomic E-state index is 12.9. The minimum absolute atomic E-state index is 0.0624. The van der Waals surface area contributed by atoms with Gasteiger partial charge in [-0.2, -0.15) is 0 Å². The Bertz CT molecular complexity index is 1470. The molecule has 0 aliphatic carbocycles. The van der Waals surface area contributed by atoms with Gasteiger partial charge in [0.1, 0.15) is 0 Å². The third-order valence-corrected chi connectivity index (χ3v) is 7.78. The molecule has 0 bridgehead atoms. The molecule has 0 unspecified atom stereocenters. The molecule has 1 saturated heterocycles. The van der Waals surface area contributed by atoms with E-state index in [4.69, 9.17) is 11.6 Å². The number of carbonyl (C=O) groups excluding carboxylic acids is 2. The number of anilines is 3. The van der Waals surface area contributed by atoms with Crippen LogP contribution >= 0.6 is 11.6 Å². The second-order valence-electron chi connectivity index (χ2n) is 10.3. The molecule has 40 heavy (non-hydrogen) atoms. The molecule has 3 aromatic carbocycles. The molecule has 2 heterocycles. The van der Waals surface area contributed by atoms with Gasteiger partial charge in [0.15, 0.2) is 11.6 Å². The van der Waals surface area contributed by atoms with E-state index in [0.29, 0.717) is 22.7 Å². The van der Waals surface area contributed by atoms with E-state index < -0.39 is 0 Å². The van der Waals surface area contributed by atoms with Gasteiger partial charge in [0.2, 0.25) is 0 Å². The number of ketones is 2. The van der Waals surface area contributed by atoms with Gasteiger partial charge in [0, 0.05) is 55.6 Å². The zero-order valence-electron chi connectivity index (χ0n) is 22.6. The Morgan fingerprint density at radius 3 is 2.25 bits per heavy atom. The van der Waals surface area contributed by atoms with E-state index in [2.05, 4.69) is 10.2 Å². The van der Waals surface area contributed by atoms with E-state index in [1.807, 2.05) is 96.6 Å². The minimum atomic E-state index is -0.206. The summed E-state index contributed by atoms with van der Waals surface area (Å²) in [4.78, 5) is 27.8. The first-order valence-corrected chi connectivity index (χ1v) is 14.2. The Morgan fingerprint density at radius 2 is 1.57 bits per heavy atom. The number of aromatic nitrogens is 1. The van der Waals surface area contributed by atoms with Crippen molar-refractivity contribution in [2.75, 3.05) is 23.3 Å². The summed E-state index contributed by atoms with van der Waals surface area (Å²) in [6.07, 6.45) is 3.87. The van der Waals surface area contributed by atoms with Crippen LogP contribution in [0.1, 0.15) is 51.7 Å². The normalized spacial score (nSPS) is 13.8. The zero-order valence-corrected chi connectivity index (χ0v) is 23.4. The molecule has 2 N–H and O–H groups in total. The average molecular weight is 556 g/mol. The Kier molecular flexibility index (Phi) is 8.68. The van der Waals surface area contributed by atoms with E-state index >= 15 is 0 Å². The Morgan fingerprint density at radius 1 is 0.900 bits per heavy atom. The summed E-state index contributed by atoms with van der Waals surface area (Å²) in [5.41, 5.74) is 5.89. The van der Waals surface area contributed by atoms with Crippen molar-refractivity contribution < 1.29 is 14.7 Å². The Hall–Kier alpha value is -3.87. The summed E-state index contributed by atoms with van der Waals surface area (Å²) in [5, 5.41) is 13.6. The molecular formula is C33H34ClN3O3. The van der Waals surface area contributed by atoms with Crippen molar-refractivity contribution in [3.05, 3.63) is 112 Å². The number of nitrogens with zero attached hydrogens (tertiary/aromatic N) is 2. The van der Waals surface area contributed by atoms with Crippen LogP contribution in [0.2, 0.25) is 5.02 Å². The maximum Gasteiger partial charge on any atom is 0.183 e. The fourth-order valence-electron chi connectivity index (χ4n) is 5.12. The summed E-state index contributed by atoms with van der Waals surface area (Å²) in [7, 11) is 0. The number of piperidine rings is 1. The van der Waals surface area contributed by atoms with Crippen LogP contribution < -0.4 is 10.2 Å². The van der Waals surface area contributed by atoms with E-state index in [1.165, 1.54) is 0 Å². The number of nitrogens with one attached hydrogen (secondary N) is 1. The molecule has 0 amide bonds. The average Bonchev–Trinajstić information content (AvgIpc) is 3.45. The lowest BCUT2D eigenvalue weighted by Crippen LogP contribution is -2.35. The number of halogens is 1. The number of rotatable bonds is 10. The van der Waals surface area contributed by atoms with Crippen molar-refractivity contribution in [2.45, 2.75) is 45.3 Å². The third-order valence-electron chi connectivity index (χ3n) is 7.47. The quantitative estimate of drug-likeness (QED) is 0.213. The lowest BCUT2D eigenvalue weighted by Gasteiger charge is -2.31. The summed E-state index contributed by atoms with van der Waals surface area (Å²) in [6.45, 7) is 4.43. The number of Topliss-reactive ketones (excluding diaryl/α,β-unsaturated/α-hetero) is 2. The summed E-state index contributed by atoms with van der Waals surface area (Å²) < 4.78 is 1.94. The van der Waals surface area contributed by atoms with Crippen molar-refractivity contribution in [3.63, 3.8) is 0 Å². The molecule has 5 rings (SSSR count).